The lowest BCUT2D eigenvalue weighted by Gasteiger charge is -2.09. The smallest absolute Gasteiger partial charge is 0.252 e. The highest BCUT2D eigenvalue weighted by Crippen LogP contribution is 2.23. The summed E-state index contributed by atoms with van der Waals surface area (Å²) in [5.74, 6) is -0.214. The van der Waals surface area contributed by atoms with E-state index in [9.17, 15) is 9.90 Å². The zero-order valence-electron chi connectivity index (χ0n) is 9.81. The number of carbonyl (C=O) groups excluding carboxylic acids is 1. The zero-order valence-corrected chi connectivity index (χ0v) is 9.81. The monoisotopic (exact) mass is 239 g/mol. The zero-order chi connectivity index (χ0) is 12.7. The minimum Gasteiger partial charge on any atom is -0.508 e. The van der Waals surface area contributed by atoms with Gasteiger partial charge in [-0.15, -0.1) is 0 Å². The van der Waals surface area contributed by atoms with Crippen molar-refractivity contribution in [3.8, 4) is 11.5 Å². The molecule has 0 fully saturated rings. The largest absolute Gasteiger partial charge is 0.508 e. The first-order valence-electron chi connectivity index (χ1n) is 5.39. The lowest BCUT2D eigenvalue weighted by atomic mass is 10.2. The van der Waals surface area contributed by atoms with Gasteiger partial charge in [0.25, 0.3) is 5.91 Å². The van der Waals surface area contributed by atoms with Gasteiger partial charge in [-0.2, -0.15) is 0 Å². The van der Waals surface area contributed by atoms with Crippen LogP contribution in [0, 0.1) is 0 Å². The third-order valence-corrected chi connectivity index (χ3v) is 2.23. The Morgan fingerprint density at radius 3 is 2.71 bits per heavy atom. The summed E-state index contributed by atoms with van der Waals surface area (Å²) in [7, 11) is 1.64. The fraction of sp³-hybridized carbons (Fsp3) is 0.417. The van der Waals surface area contributed by atoms with Crippen LogP contribution in [0.25, 0.3) is 0 Å². The molecular formula is C12H17NO4. The van der Waals surface area contributed by atoms with Crippen LogP contribution in [-0.2, 0) is 4.74 Å². The quantitative estimate of drug-likeness (QED) is 0.702. The van der Waals surface area contributed by atoms with Crippen molar-refractivity contribution in [3.63, 3.8) is 0 Å². The van der Waals surface area contributed by atoms with Gasteiger partial charge in [-0.05, 0) is 25.0 Å². The van der Waals surface area contributed by atoms with Crippen LogP contribution < -0.4 is 10.5 Å². The number of unbranched alkanes of at least 4 members (excludes halogenated alkanes) is 1. The predicted octanol–water partition coefficient (Wildman–Crippen LogP) is 1.30. The lowest BCUT2D eigenvalue weighted by Crippen LogP contribution is -2.13. The second-order valence-electron chi connectivity index (χ2n) is 3.59. The highest BCUT2D eigenvalue weighted by atomic mass is 16.5. The summed E-state index contributed by atoms with van der Waals surface area (Å²) < 4.78 is 10.3. The SMILES string of the molecule is COCCCCOc1cc(O)ccc1C(N)=O. The van der Waals surface area contributed by atoms with Crippen molar-refractivity contribution in [2.75, 3.05) is 20.3 Å². The summed E-state index contributed by atoms with van der Waals surface area (Å²) in [6, 6.07) is 4.23. The minimum absolute atomic E-state index is 0.0434. The highest BCUT2D eigenvalue weighted by Gasteiger charge is 2.09. The molecule has 5 heteroatoms. The number of hydrogen-bond donors (Lipinski definition) is 2. The molecular weight excluding hydrogens is 222 g/mol. The maximum atomic E-state index is 11.1. The topological polar surface area (TPSA) is 81.8 Å². The Bertz CT molecular complexity index is 379. The van der Waals surface area contributed by atoms with E-state index < -0.39 is 5.91 Å². The van der Waals surface area contributed by atoms with Gasteiger partial charge in [0.2, 0.25) is 0 Å². The molecule has 0 spiro atoms. The molecule has 5 nitrogen and oxygen atoms in total. The molecule has 0 aliphatic rings. The van der Waals surface area contributed by atoms with Crippen LogP contribution in [0.15, 0.2) is 18.2 Å². The standard InChI is InChI=1S/C12H17NO4/c1-16-6-2-3-7-17-11-8-9(14)4-5-10(11)12(13)15/h4-5,8,14H,2-3,6-7H2,1H3,(H2,13,15). The molecule has 3 N–H and O–H groups in total. The lowest BCUT2D eigenvalue weighted by molar-refractivity contribution is 0.0996. The molecule has 0 atom stereocenters. The number of primary amides is 1. The van der Waals surface area contributed by atoms with Crippen molar-refractivity contribution in [1.82, 2.24) is 0 Å². The fourth-order valence-electron chi connectivity index (χ4n) is 1.36. The number of nitrogens with two attached hydrogens (primary N) is 1. The summed E-state index contributed by atoms with van der Waals surface area (Å²) >= 11 is 0. The summed E-state index contributed by atoms with van der Waals surface area (Å²) in [4.78, 5) is 11.1. The van der Waals surface area contributed by atoms with Crippen molar-refractivity contribution < 1.29 is 19.4 Å². The summed E-state index contributed by atoms with van der Waals surface area (Å²) in [6.45, 7) is 1.12. The number of hydrogen-bond acceptors (Lipinski definition) is 4. The Hall–Kier alpha value is -1.75. The first-order valence-corrected chi connectivity index (χ1v) is 5.39. The third kappa shape index (κ3) is 4.32. The van der Waals surface area contributed by atoms with Gasteiger partial charge in [0.1, 0.15) is 11.5 Å². The third-order valence-electron chi connectivity index (χ3n) is 2.23. The van der Waals surface area contributed by atoms with Crippen LogP contribution in [0.3, 0.4) is 0 Å². The molecule has 0 radical (unpaired) electrons. The number of carbonyl (C=O) groups is 1. The van der Waals surface area contributed by atoms with Crippen molar-refractivity contribution in [3.05, 3.63) is 23.8 Å². The molecule has 0 heterocycles. The molecule has 1 aromatic rings. The van der Waals surface area contributed by atoms with Crippen LogP contribution in [0.2, 0.25) is 0 Å². The first kappa shape index (κ1) is 13.3. The number of aromatic hydroxyl groups is 1. The van der Waals surface area contributed by atoms with Gasteiger partial charge >= 0.3 is 0 Å². The van der Waals surface area contributed by atoms with E-state index in [4.69, 9.17) is 15.2 Å². The van der Waals surface area contributed by atoms with Crippen molar-refractivity contribution >= 4 is 5.91 Å². The molecule has 0 aromatic heterocycles. The number of phenolic OH excluding ortho intramolecular Hbond substituents is 1. The Balaban J connectivity index is 2.56. The van der Waals surface area contributed by atoms with Crippen molar-refractivity contribution in [2.45, 2.75) is 12.8 Å². The minimum atomic E-state index is -0.572. The Morgan fingerprint density at radius 2 is 2.06 bits per heavy atom. The normalized spacial score (nSPS) is 10.2. The van der Waals surface area contributed by atoms with Gasteiger partial charge in [-0.25, -0.2) is 0 Å². The van der Waals surface area contributed by atoms with E-state index in [1.807, 2.05) is 0 Å². The van der Waals surface area contributed by atoms with Crippen molar-refractivity contribution in [1.29, 1.82) is 0 Å². The van der Waals surface area contributed by atoms with Crippen LogP contribution in [0.5, 0.6) is 11.5 Å². The van der Waals surface area contributed by atoms with E-state index in [0.717, 1.165) is 12.8 Å². The average molecular weight is 239 g/mol. The van der Waals surface area contributed by atoms with E-state index in [1.54, 1.807) is 7.11 Å². The second-order valence-corrected chi connectivity index (χ2v) is 3.59. The molecule has 0 bridgehead atoms. The molecule has 94 valence electrons. The molecule has 1 rings (SSSR count). The van der Waals surface area contributed by atoms with E-state index in [1.165, 1.54) is 18.2 Å². The Labute approximate surface area is 100 Å². The number of phenols is 1. The van der Waals surface area contributed by atoms with Crippen LogP contribution >= 0.6 is 0 Å². The van der Waals surface area contributed by atoms with Gasteiger partial charge in [-0.3, -0.25) is 4.79 Å². The Morgan fingerprint density at radius 1 is 1.35 bits per heavy atom. The molecule has 0 aliphatic heterocycles. The molecule has 1 amide bonds. The molecule has 17 heavy (non-hydrogen) atoms. The summed E-state index contributed by atoms with van der Waals surface area (Å²) in [6.07, 6.45) is 1.68. The summed E-state index contributed by atoms with van der Waals surface area (Å²) in [5, 5.41) is 9.31. The predicted molar refractivity (Wildman–Crippen MR) is 63.2 cm³/mol. The van der Waals surface area contributed by atoms with E-state index >= 15 is 0 Å². The van der Waals surface area contributed by atoms with E-state index in [-0.39, 0.29) is 11.3 Å². The number of methoxy groups -OCH3 is 1. The van der Waals surface area contributed by atoms with Crippen LogP contribution in [0.1, 0.15) is 23.2 Å². The molecule has 0 aliphatic carbocycles. The molecule has 0 unspecified atom stereocenters. The average Bonchev–Trinajstić information content (AvgIpc) is 2.28. The maximum absolute atomic E-state index is 11.1. The van der Waals surface area contributed by atoms with Gasteiger partial charge in [0.15, 0.2) is 0 Å². The first-order chi connectivity index (χ1) is 8.15. The number of ether oxygens (including phenoxy) is 2. The molecule has 1 aromatic carbocycles. The maximum Gasteiger partial charge on any atom is 0.252 e. The van der Waals surface area contributed by atoms with Gasteiger partial charge in [-0.1, -0.05) is 0 Å². The van der Waals surface area contributed by atoms with Gasteiger partial charge in [0.05, 0.1) is 12.2 Å². The summed E-state index contributed by atoms with van der Waals surface area (Å²) in [5.41, 5.74) is 5.47. The van der Waals surface area contributed by atoms with Gasteiger partial charge < -0.3 is 20.3 Å². The van der Waals surface area contributed by atoms with E-state index in [2.05, 4.69) is 0 Å². The molecule has 0 saturated heterocycles. The number of amides is 1. The molecule has 0 saturated carbocycles. The number of benzene rings is 1. The van der Waals surface area contributed by atoms with Crippen LogP contribution in [0.4, 0.5) is 0 Å². The fourth-order valence-corrected chi connectivity index (χ4v) is 1.36. The van der Waals surface area contributed by atoms with Gasteiger partial charge in [0, 0.05) is 19.8 Å². The second kappa shape index (κ2) is 6.75. The van der Waals surface area contributed by atoms with Crippen LogP contribution in [-0.4, -0.2) is 31.3 Å². The van der Waals surface area contributed by atoms with Crippen molar-refractivity contribution in [2.24, 2.45) is 5.73 Å². The Kier molecular flexibility index (Phi) is 5.29. The number of rotatable bonds is 7. The highest BCUT2D eigenvalue weighted by molar-refractivity contribution is 5.95. The van der Waals surface area contributed by atoms with E-state index in [0.29, 0.717) is 19.0 Å².